The Labute approximate surface area is 716 Å². The molecular weight excluding hydrogens is 1720 g/mol. The Kier molecular flexibility index (Phi) is 40.1. The summed E-state index contributed by atoms with van der Waals surface area (Å²) in [7, 11) is -19.7. The van der Waals surface area contributed by atoms with Gasteiger partial charge in [-0.15, -0.1) is 0 Å². The zero-order valence-corrected chi connectivity index (χ0v) is 74.3. The van der Waals surface area contributed by atoms with Crippen molar-refractivity contribution in [3.05, 3.63) is 0 Å². The summed E-state index contributed by atoms with van der Waals surface area (Å²) in [6.45, 7) is 2.21. The van der Waals surface area contributed by atoms with E-state index in [1.807, 2.05) is 0 Å². The summed E-state index contributed by atoms with van der Waals surface area (Å²) in [6.07, 6.45) is 6.94. The highest BCUT2D eigenvalue weighted by atomic mass is 32.2. The van der Waals surface area contributed by atoms with Crippen LogP contribution in [-0.4, -0.2) is 416 Å². The predicted octanol–water partition coefficient (Wildman–Crippen LogP) is -12.6. The van der Waals surface area contributed by atoms with E-state index in [9.17, 15) is 91.6 Å². The van der Waals surface area contributed by atoms with E-state index in [1.54, 1.807) is 13.8 Å². The lowest BCUT2D eigenvalue weighted by molar-refractivity contribution is -0.145. The first-order valence-corrected chi connectivity index (χ1v) is 47.0. The van der Waals surface area contributed by atoms with Crippen molar-refractivity contribution in [3.63, 3.8) is 0 Å². The molecular formula is C62H133B5N20O30S5. The molecule has 4 unspecified atom stereocenters. The zero-order chi connectivity index (χ0) is 93.8. The topological polar surface area (TPSA) is 852 Å². The second-order valence-corrected chi connectivity index (χ2v) is 44.1. The van der Waals surface area contributed by atoms with Crippen LogP contribution in [0.3, 0.4) is 0 Å². The van der Waals surface area contributed by atoms with Crippen LogP contribution in [0.2, 0.25) is 31.6 Å². The minimum absolute atomic E-state index is 0.0149. The van der Waals surface area contributed by atoms with Crippen molar-refractivity contribution in [2.45, 2.75) is 205 Å². The molecule has 14 atom stereocenters. The van der Waals surface area contributed by atoms with Crippen LogP contribution in [0.5, 0.6) is 0 Å². The molecule has 0 radical (unpaired) electrons. The van der Waals surface area contributed by atoms with E-state index in [-0.39, 0.29) is 167 Å². The van der Waals surface area contributed by atoms with Crippen molar-refractivity contribution in [1.29, 1.82) is 0 Å². The summed E-state index contributed by atoms with van der Waals surface area (Å²) in [6, 6.07) is -1.26. The van der Waals surface area contributed by atoms with Gasteiger partial charge in [-0.05, 0) is 110 Å². The minimum Gasteiger partial charge on any atom is -0.480 e. The Morgan fingerprint density at radius 3 is 0.893 bits per heavy atom. The Balaban J connectivity index is 0.000000320. The fourth-order valence-corrected chi connectivity index (χ4v) is 23.8. The molecule has 5 aliphatic heterocycles. The quantitative estimate of drug-likeness (QED) is 0.0252. The van der Waals surface area contributed by atoms with Crippen LogP contribution in [0.15, 0.2) is 0 Å². The number of hydrogen-bond donors (Lipinski definition) is 25. The fourth-order valence-electron chi connectivity index (χ4n) is 15.5. The Bertz CT molecular complexity index is 3990. The number of carbonyl (C=O) groups is 5. The molecule has 0 bridgehead atoms. The fraction of sp³-hybridized carbons (Fsp3) is 0.919. The van der Waals surface area contributed by atoms with E-state index in [0.717, 1.165) is 47.3 Å². The van der Waals surface area contributed by atoms with Crippen LogP contribution in [0.4, 0.5) is 0 Å². The van der Waals surface area contributed by atoms with Crippen LogP contribution in [0, 0.1) is 29.6 Å². The van der Waals surface area contributed by atoms with Crippen molar-refractivity contribution in [2.75, 3.05) is 127 Å². The molecule has 8 aliphatic rings. The number of aliphatic carboxylic acids is 5. The van der Waals surface area contributed by atoms with Gasteiger partial charge < -0.3 is 133 Å². The van der Waals surface area contributed by atoms with Gasteiger partial charge in [-0.3, -0.25) is 24.0 Å². The number of nitrogens with two attached hydrogens (primary N) is 10. The lowest BCUT2D eigenvalue weighted by Gasteiger charge is -2.30. The molecule has 0 aromatic rings. The van der Waals surface area contributed by atoms with Gasteiger partial charge in [0.05, 0.1) is 0 Å². The Morgan fingerprint density at radius 1 is 0.418 bits per heavy atom. The van der Waals surface area contributed by atoms with Gasteiger partial charge >= 0.3 is 65.4 Å². The van der Waals surface area contributed by atoms with Crippen LogP contribution < -0.4 is 57.3 Å². The van der Waals surface area contributed by atoms with Gasteiger partial charge in [-0.25, -0.2) is 0 Å². The van der Waals surface area contributed by atoms with E-state index in [4.69, 9.17) is 108 Å². The lowest BCUT2D eigenvalue weighted by Crippen LogP contribution is -2.56. The number of carboxylic acids is 5. The maximum Gasteiger partial charge on any atom is 0.451 e. The molecule has 0 amide bonds. The number of carboxylic acid groups (broad SMARTS) is 5. The molecule has 706 valence electrons. The molecule has 3 saturated carbocycles. The average Bonchev–Trinajstić information content (AvgIpc) is 1.57. The second kappa shape index (κ2) is 44.2. The molecule has 60 heteroatoms. The summed E-state index contributed by atoms with van der Waals surface area (Å²) in [4.78, 5) is 58.0. The molecule has 0 aromatic carbocycles. The highest BCUT2D eigenvalue weighted by Crippen LogP contribution is 2.45. The van der Waals surface area contributed by atoms with E-state index in [0.29, 0.717) is 57.8 Å². The summed E-state index contributed by atoms with van der Waals surface area (Å²) in [5, 5.41) is 136. The molecule has 35 N–H and O–H groups in total. The zero-order valence-electron chi connectivity index (χ0n) is 70.2. The monoisotopic (exact) mass is 1850 g/mol. The van der Waals surface area contributed by atoms with Gasteiger partial charge in [0, 0.05) is 192 Å². The first-order chi connectivity index (χ1) is 55.8. The largest absolute Gasteiger partial charge is 0.480 e. The third-order valence-electron chi connectivity index (χ3n) is 24.6. The maximum absolute atomic E-state index is 12.9. The normalized spacial score (nSPS) is 29.1. The van der Waals surface area contributed by atoms with Gasteiger partial charge in [0.1, 0.15) is 27.7 Å². The standard InChI is InChI=1S/2C13H27BN4O6S.C12H25BN4O6S.2C12H27BN4O6S/c1-17(8-12(15)4-5-12)25(23,24)18-7-10(3-2-6-14(21)22)13(16,9-18)11(19)20;1-17(12(8-15)4-5-12)25(23,24)18-7-10(3-2-6-14(21)22)13(16,9-18)11(19)20;1-16(10-5-9(10)14)24(22,23)17-6-8(3-2-4-13(20)21)12(15,7-17)11(18)19;1-9(14)6-16(2)24(22,23)17-7-10(4-3-5-13(20)21)12(15,8-17)11(18)19;1-9(6-14)16(2)24(22,23)17-7-10(4-3-5-13(20)21)12(15,8-17)11(18)19/h2*10,21-22H,2-9,15-16H2,1H3,(H,19,20);8-10,20-21H,2-7,14-15H2,1H3,(H,18,19);2*9-10,20-21H,3-8,14-15H2,1-2H3,(H,18,19)/t2*10-,13-;8-,9?,10?,12-;2*9?,10-,12-/m00000/s1. The molecule has 5 saturated heterocycles. The molecule has 122 heavy (non-hydrogen) atoms. The molecule has 3 aliphatic carbocycles. The first kappa shape index (κ1) is 111. The van der Waals surface area contributed by atoms with Crippen molar-refractivity contribution in [3.8, 4) is 0 Å². The summed E-state index contributed by atoms with van der Waals surface area (Å²) in [5.74, 6) is -9.40. The van der Waals surface area contributed by atoms with Crippen molar-refractivity contribution < 1.29 is 142 Å². The number of likely N-dealkylation sites (N-methyl/N-ethyl adjacent to an activating group) is 5. The minimum atomic E-state index is -3.88. The smallest absolute Gasteiger partial charge is 0.451 e. The molecule has 0 aromatic heterocycles. The third kappa shape index (κ3) is 27.9. The van der Waals surface area contributed by atoms with E-state index < -0.39 is 191 Å². The van der Waals surface area contributed by atoms with Gasteiger partial charge in [0.25, 0.3) is 51.0 Å². The van der Waals surface area contributed by atoms with Crippen LogP contribution in [-0.2, 0) is 75.0 Å². The molecule has 50 nitrogen and oxygen atoms in total. The average molecular weight is 1850 g/mol. The Morgan fingerprint density at radius 2 is 0.672 bits per heavy atom. The first-order valence-electron chi connectivity index (χ1n) is 40.0. The number of rotatable bonds is 44. The number of hydrogen-bond acceptors (Lipinski definition) is 35. The van der Waals surface area contributed by atoms with Crippen molar-refractivity contribution in [1.82, 2.24) is 43.1 Å². The molecule has 8 fully saturated rings. The van der Waals surface area contributed by atoms with Gasteiger partial charge in [-0.1, -0.05) is 32.1 Å². The SMILES string of the molecule is CC(CN)N(C)S(=O)(=O)N1C[C@H](CCCB(O)O)[C@](N)(C(=O)O)C1.CC(N)CN(C)S(=O)(=O)N1C[C@H](CCCB(O)O)[C@](N)(C(=O)O)C1.CN(C1(CN)CC1)S(=O)(=O)N1C[C@H](CCCB(O)O)[C@](N)(C(=O)O)C1.CN(C1CC1N)S(=O)(=O)N1C[C@H](CCCB(O)O)[C@](N)(C(=O)O)C1.CN(CC1(N)CC1)S(=O)(=O)N1C[C@H](CCCB(O)O)[C@](N)(C(=O)O)C1. The summed E-state index contributed by atoms with van der Waals surface area (Å²) >= 11 is 0. The van der Waals surface area contributed by atoms with Gasteiger partial charge in [0.15, 0.2) is 0 Å². The Hall–Kier alpha value is -3.78. The van der Waals surface area contributed by atoms with E-state index >= 15 is 0 Å². The highest BCUT2D eigenvalue weighted by Gasteiger charge is 2.61. The van der Waals surface area contributed by atoms with E-state index in [1.165, 1.54) is 43.8 Å². The predicted molar refractivity (Wildman–Crippen MR) is 448 cm³/mol. The van der Waals surface area contributed by atoms with Gasteiger partial charge in [0.2, 0.25) is 0 Å². The van der Waals surface area contributed by atoms with Crippen LogP contribution >= 0.6 is 0 Å². The molecule has 0 spiro atoms. The van der Waals surface area contributed by atoms with Gasteiger partial charge in [-0.2, -0.15) is 85.1 Å². The van der Waals surface area contributed by atoms with Crippen molar-refractivity contribution in [2.24, 2.45) is 86.9 Å². The molecule has 8 rings (SSSR count). The highest BCUT2D eigenvalue weighted by molar-refractivity contribution is 7.87. The maximum atomic E-state index is 12.9. The van der Waals surface area contributed by atoms with E-state index in [2.05, 4.69) is 0 Å². The summed E-state index contributed by atoms with van der Waals surface area (Å²) < 4.78 is 138. The summed E-state index contributed by atoms with van der Waals surface area (Å²) in [5.41, 5.74) is 48.9. The molecule has 5 heterocycles. The van der Waals surface area contributed by atoms with Crippen LogP contribution in [0.1, 0.15) is 110 Å². The van der Waals surface area contributed by atoms with Crippen molar-refractivity contribution >= 4 is 116 Å². The second-order valence-electron chi connectivity index (χ2n) is 34.1. The van der Waals surface area contributed by atoms with Crippen LogP contribution in [0.25, 0.3) is 0 Å². The third-order valence-corrected chi connectivity index (χ3v) is 34.3. The number of nitrogens with zero attached hydrogens (tertiary/aromatic N) is 10. The lowest BCUT2D eigenvalue weighted by atomic mass is 9.78.